The van der Waals surface area contributed by atoms with Crippen molar-refractivity contribution < 1.29 is 0 Å². The SMILES string of the molecule is N[C@@H]1CCC[C@]12[C@@H]1CCCC12N. The lowest BCUT2D eigenvalue weighted by Crippen LogP contribution is -2.38. The smallest absolute Gasteiger partial charge is 0.0264 e. The summed E-state index contributed by atoms with van der Waals surface area (Å²) in [5.74, 6) is 0.794. The Kier molecular flexibility index (Phi) is 1.15. The van der Waals surface area contributed by atoms with E-state index in [2.05, 4.69) is 0 Å². The van der Waals surface area contributed by atoms with Crippen molar-refractivity contribution in [2.24, 2.45) is 22.8 Å². The molecule has 4 N–H and O–H groups in total. The standard InChI is InChI=1S/C10H18N2/c11-8-4-2-5-9(8)7-3-1-6-10(7,9)12/h7-8H,1-6,11-12H2/t7-,8+,9-,10?/m0/s1. The highest BCUT2D eigenvalue weighted by Crippen LogP contribution is 2.74. The average molecular weight is 166 g/mol. The van der Waals surface area contributed by atoms with Crippen LogP contribution >= 0.6 is 0 Å². The molecule has 0 amide bonds. The zero-order valence-electron chi connectivity index (χ0n) is 7.55. The fourth-order valence-electron chi connectivity index (χ4n) is 4.33. The van der Waals surface area contributed by atoms with E-state index in [1.807, 2.05) is 0 Å². The minimum absolute atomic E-state index is 0.183. The maximum Gasteiger partial charge on any atom is 0.0264 e. The monoisotopic (exact) mass is 166 g/mol. The van der Waals surface area contributed by atoms with Crippen LogP contribution in [0.2, 0.25) is 0 Å². The molecule has 0 aromatic rings. The summed E-state index contributed by atoms with van der Waals surface area (Å²) in [6.45, 7) is 0. The second kappa shape index (κ2) is 1.88. The van der Waals surface area contributed by atoms with Crippen LogP contribution in [-0.4, -0.2) is 11.6 Å². The largest absolute Gasteiger partial charge is 0.327 e. The molecule has 0 saturated heterocycles. The molecule has 2 heteroatoms. The van der Waals surface area contributed by atoms with Crippen LogP contribution in [0, 0.1) is 11.3 Å². The molecule has 0 radical (unpaired) electrons. The minimum Gasteiger partial charge on any atom is -0.327 e. The van der Waals surface area contributed by atoms with Crippen molar-refractivity contribution in [2.45, 2.75) is 50.1 Å². The zero-order valence-corrected chi connectivity index (χ0v) is 7.55. The minimum atomic E-state index is 0.183. The quantitative estimate of drug-likeness (QED) is 0.564. The van der Waals surface area contributed by atoms with Crippen LogP contribution < -0.4 is 11.5 Å². The Morgan fingerprint density at radius 3 is 2.33 bits per heavy atom. The molecule has 0 heterocycles. The van der Waals surface area contributed by atoms with Crippen molar-refractivity contribution in [1.29, 1.82) is 0 Å². The van der Waals surface area contributed by atoms with E-state index >= 15 is 0 Å². The van der Waals surface area contributed by atoms with Gasteiger partial charge in [-0.1, -0.05) is 12.8 Å². The number of hydrogen-bond donors (Lipinski definition) is 2. The summed E-state index contributed by atoms with van der Waals surface area (Å²) >= 11 is 0. The Bertz CT molecular complexity index is 228. The second-order valence-electron chi connectivity index (χ2n) is 5.02. The molecule has 3 aliphatic carbocycles. The topological polar surface area (TPSA) is 52.0 Å². The first kappa shape index (κ1) is 7.34. The lowest BCUT2D eigenvalue weighted by molar-refractivity contribution is 0.332. The third-order valence-electron chi connectivity index (χ3n) is 4.88. The number of rotatable bonds is 0. The first-order valence-electron chi connectivity index (χ1n) is 5.26. The predicted octanol–water partition coefficient (Wildman–Crippen LogP) is 0.995. The van der Waals surface area contributed by atoms with Gasteiger partial charge in [0, 0.05) is 17.0 Å². The molecule has 12 heavy (non-hydrogen) atoms. The van der Waals surface area contributed by atoms with Gasteiger partial charge in [0.05, 0.1) is 0 Å². The van der Waals surface area contributed by atoms with Crippen molar-refractivity contribution >= 4 is 0 Å². The molecule has 3 saturated carbocycles. The zero-order chi connectivity index (χ0) is 8.40. The molecule has 0 aromatic heterocycles. The molecule has 0 aliphatic heterocycles. The Morgan fingerprint density at radius 1 is 1.08 bits per heavy atom. The highest BCUT2D eigenvalue weighted by molar-refractivity contribution is 5.33. The van der Waals surface area contributed by atoms with Gasteiger partial charge >= 0.3 is 0 Å². The van der Waals surface area contributed by atoms with Crippen LogP contribution in [0.3, 0.4) is 0 Å². The summed E-state index contributed by atoms with van der Waals surface area (Å²) in [5, 5.41) is 0. The average Bonchev–Trinajstić information content (AvgIpc) is 2.43. The Labute approximate surface area is 73.7 Å². The van der Waals surface area contributed by atoms with Crippen LogP contribution in [0.15, 0.2) is 0 Å². The summed E-state index contributed by atoms with van der Waals surface area (Å²) in [7, 11) is 0. The molecule has 0 aromatic carbocycles. The first-order chi connectivity index (χ1) is 5.72. The van der Waals surface area contributed by atoms with E-state index in [0.717, 1.165) is 5.92 Å². The van der Waals surface area contributed by atoms with E-state index in [1.54, 1.807) is 0 Å². The molecular formula is C10H18N2. The van der Waals surface area contributed by atoms with Crippen LogP contribution in [0.1, 0.15) is 38.5 Å². The van der Waals surface area contributed by atoms with E-state index in [-0.39, 0.29) is 5.54 Å². The van der Waals surface area contributed by atoms with Gasteiger partial charge in [0.2, 0.25) is 0 Å². The summed E-state index contributed by atoms with van der Waals surface area (Å²) in [6, 6.07) is 0.424. The molecule has 3 rings (SSSR count). The van der Waals surface area contributed by atoms with Gasteiger partial charge in [-0.2, -0.15) is 0 Å². The van der Waals surface area contributed by atoms with Gasteiger partial charge in [0.1, 0.15) is 0 Å². The van der Waals surface area contributed by atoms with Gasteiger partial charge in [-0.05, 0) is 31.6 Å². The fourth-order valence-corrected chi connectivity index (χ4v) is 4.33. The van der Waals surface area contributed by atoms with Crippen molar-refractivity contribution in [3.8, 4) is 0 Å². The number of fused-ring (bicyclic) bond motifs is 3. The summed E-state index contributed by atoms with van der Waals surface area (Å²) in [6.07, 6.45) is 7.78. The predicted molar refractivity (Wildman–Crippen MR) is 48.5 cm³/mol. The Hall–Kier alpha value is -0.0800. The van der Waals surface area contributed by atoms with Crippen molar-refractivity contribution in [3.63, 3.8) is 0 Å². The van der Waals surface area contributed by atoms with Crippen LogP contribution in [0.5, 0.6) is 0 Å². The third-order valence-corrected chi connectivity index (χ3v) is 4.88. The van der Waals surface area contributed by atoms with Crippen LogP contribution in [0.25, 0.3) is 0 Å². The van der Waals surface area contributed by atoms with Gasteiger partial charge in [0.15, 0.2) is 0 Å². The summed E-state index contributed by atoms with van der Waals surface area (Å²) < 4.78 is 0. The molecular weight excluding hydrogens is 148 g/mol. The maximum atomic E-state index is 6.40. The molecule has 3 aliphatic rings. The van der Waals surface area contributed by atoms with Gasteiger partial charge in [-0.25, -0.2) is 0 Å². The normalized spacial score (nSPS) is 62.5. The Morgan fingerprint density at radius 2 is 1.83 bits per heavy atom. The molecule has 2 nitrogen and oxygen atoms in total. The van der Waals surface area contributed by atoms with E-state index in [9.17, 15) is 0 Å². The lowest BCUT2D eigenvalue weighted by atomic mass is 9.88. The van der Waals surface area contributed by atoms with Gasteiger partial charge < -0.3 is 11.5 Å². The lowest BCUT2D eigenvalue weighted by Gasteiger charge is -2.22. The van der Waals surface area contributed by atoms with Gasteiger partial charge in [-0.15, -0.1) is 0 Å². The van der Waals surface area contributed by atoms with E-state index in [1.165, 1.54) is 38.5 Å². The Balaban J connectivity index is 1.96. The molecule has 3 fully saturated rings. The van der Waals surface area contributed by atoms with Crippen LogP contribution in [-0.2, 0) is 0 Å². The fraction of sp³-hybridized carbons (Fsp3) is 1.00. The number of hydrogen-bond acceptors (Lipinski definition) is 2. The van der Waals surface area contributed by atoms with Gasteiger partial charge in [0.25, 0.3) is 0 Å². The molecule has 0 bridgehead atoms. The first-order valence-corrected chi connectivity index (χ1v) is 5.26. The number of nitrogens with two attached hydrogens (primary N) is 2. The third kappa shape index (κ3) is 0.521. The molecule has 1 spiro atoms. The molecule has 4 atom stereocenters. The highest BCUT2D eigenvalue weighted by atomic mass is 15.0. The molecule has 1 unspecified atom stereocenters. The van der Waals surface area contributed by atoms with Gasteiger partial charge in [-0.3, -0.25) is 0 Å². The van der Waals surface area contributed by atoms with E-state index in [4.69, 9.17) is 11.5 Å². The second-order valence-corrected chi connectivity index (χ2v) is 5.02. The maximum absolute atomic E-state index is 6.40. The summed E-state index contributed by atoms with van der Waals surface area (Å²) in [5.41, 5.74) is 13.2. The van der Waals surface area contributed by atoms with E-state index in [0.29, 0.717) is 11.5 Å². The van der Waals surface area contributed by atoms with Crippen molar-refractivity contribution in [2.75, 3.05) is 0 Å². The van der Waals surface area contributed by atoms with Crippen molar-refractivity contribution in [1.82, 2.24) is 0 Å². The summed E-state index contributed by atoms with van der Waals surface area (Å²) in [4.78, 5) is 0. The highest BCUT2D eigenvalue weighted by Gasteiger charge is 2.78. The van der Waals surface area contributed by atoms with E-state index < -0.39 is 0 Å². The molecule has 68 valence electrons. The van der Waals surface area contributed by atoms with Crippen LogP contribution in [0.4, 0.5) is 0 Å². The van der Waals surface area contributed by atoms with Crippen molar-refractivity contribution in [3.05, 3.63) is 0 Å².